The third-order valence-corrected chi connectivity index (χ3v) is 7.22. The van der Waals surface area contributed by atoms with Gasteiger partial charge in [0.2, 0.25) is 15.9 Å². The lowest BCUT2D eigenvalue weighted by Gasteiger charge is -2.26. The maximum Gasteiger partial charge on any atom is 0.242 e. The Morgan fingerprint density at radius 1 is 1.17 bits per heavy atom. The van der Waals surface area contributed by atoms with Crippen LogP contribution in [0, 0.1) is 0 Å². The zero-order valence-electron chi connectivity index (χ0n) is 17.1. The average Bonchev–Trinajstić information content (AvgIpc) is 2.74. The third kappa shape index (κ3) is 5.49. The quantitative estimate of drug-likeness (QED) is 0.702. The van der Waals surface area contributed by atoms with E-state index in [1.54, 1.807) is 0 Å². The number of hydrogen-bond donors (Lipinski definition) is 1. The van der Waals surface area contributed by atoms with Gasteiger partial charge in [-0.05, 0) is 35.8 Å². The van der Waals surface area contributed by atoms with E-state index in [0.29, 0.717) is 23.7 Å². The van der Waals surface area contributed by atoms with Gasteiger partial charge in [-0.25, -0.2) is 12.7 Å². The van der Waals surface area contributed by atoms with Crippen molar-refractivity contribution < 1.29 is 13.2 Å². The number of rotatable bonds is 7. The Labute approximate surface area is 183 Å². The Balaban J connectivity index is 1.56. The van der Waals surface area contributed by atoms with Crippen LogP contribution in [-0.4, -0.2) is 57.3 Å². The van der Waals surface area contributed by atoms with E-state index in [2.05, 4.69) is 28.4 Å². The van der Waals surface area contributed by atoms with Crippen molar-refractivity contribution in [2.24, 2.45) is 0 Å². The fraction of sp³-hybridized carbons (Fsp3) is 0.318. The topological polar surface area (TPSA) is 69.7 Å². The first-order valence-corrected chi connectivity index (χ1v) is 11.6. The molecule has 6 nitrogen and oxygen atoms in total. The molecule has 0 unspecified atom stereocenters. The molecule has 2 aromatic carbocycles. The Morgan fingerprint density at radius 2 is 1.90 bits per heavy atom. The maximum absolute atomic E-state index is 12.4. The summed E-state index contributed by atoms with van der Waals surface area (Å²) in [6.45, 7) is 2.32. The number of nitrogens with zero attached hydrogens (tertiary/aromatic N) is 2. The van der Waals surface area contributed by atoms with Crippen molar-refractivity contribution in [2.45, 2.75) is 17.7 Å². The second-order valence-corrected chi connectivity index (χ2v) is 9.93. The standard InChI is InChI=1S/C22H26ClN3O3S/c1-25(2)30(28,29)19-8-9-20(23)21(16-19)24-22(27)12-15-26-13-10-18(11-14-26)17-6-4-3-5-7-17/h3-10,16H,11-15H2,1-2H3,(H,24,27). The number of carbonyl (C=O) groups excluding carboxylic acids is 1. The van der Waals surface area contributed by atoms with Crippen LogP contribution in [-0.2, 0) is 14.8 Å². The van der Waals surface area contributed by atoms with Gasteiger partial charge in [0, 0.05) is 40.2 Å². The number of halogens is 1. The zero-order chi connectivity index (χ0) is 21.7. The summed E-state index contributed by atoms with van der Waals surface area (Å²) in [5, 5.41) is 3.04. The summed E-state index contributed by atoms with van der Waals surface area (Å²) in [5.74, 6) is -0.200. The first kappa shape index (κ1) is 22.5. The van der Waals surface area contributed by atoms with Crippen molar-refractivity contribution in [1.29, 1.82) is 0 Å². The molecule has 0 saturated carbocycles. The highest BCUT2D eigenvalue weighted by Crippen LogP contribution is 2.27. The predicted octanol–water partition coefficient (Wildman–Crippen LogP) is 3.71. The van der Waals surface area contributed by atoms with Gasteiger partial charge in [-0.3, -0.25) is 9.69 Å². The minimum absolute atomic E-state index is 0.0850. The fourth-order valence-electron chi connectivity index (χ4n) is 3.27. The van der Waals surface area contributed by atoms with Crippen LogP contribution in [0.3, 0.4) is 0 Å². The highest BCUT2D eigenvalue weighted by molar-refractivity contribution is 7.89. The number of benzene rings is 2. The molecule has 0 bridgehead atoms. The second-order valence-electron chi connectivity index (χ2n) is 7.37. The maximum atomic E-state index is 12.4. The van der Waals surface area contributed by atoms with Gasteiger partial charge in [-0.1, -0.05) is 48.0 Å². The molecule has 0 atom stereocenters. The molecule has 8 heteroatoms. The van der Waals surface area contributed by atoms with E-state index in [9.17, 15) is 13.2 Å². The highest BCUT2D eigenvalue weighted by atomic mass is 35.5. The van der Waals surface area contributed by atoms with Gasteiger partial charge in [-0.2, -0.15) is 0 Å². The van der Waals surface area contributed by atoms with E-state index in [4.69, 9.17) is 11.6 Å². The van der Waals surface area contributed by atoms with Gasteiger partial charge < -0.3 is 5.32 Å². The minimum atomic E-state index is -3.60. The van der Waals surface area contributed by atoms with Crippen LogP contribution in [0.2, 0.25) is 5.02 Å². The van der Waals surface area contributed by atoms with Crippen LogP contribution in [0.15, 0.2) is 59.5 Å². The average molecular weight is 448 g/mol. The SMILES string of the molecule is CN(C)S(=O)(=O)c1ccc(Cl)c(NC(=O)CCN2CC=C(c3ccccc3)CC2)c1. The van der Waals surface area contributed by atoms with E-state index in [1.807, 2.05) is 18.2 Å². The first-order chi connectivity index (χ1) is 14.3. The van der Waals surface area contributed by atoms with Gasteiger partial charge >= 0.3 is 0 Å². The number of hydrogen-bond acceptors (Lipinski definition) is 4. The minimum Gasteiger partial charge on any atom is -0.325 e. The molecule has 30 heavy (non-hydrogen) atoms. The van der Waals surface area contributed by atoms with Crippen LogP contribution < -0.4 is 5.32 Å². The molecule has 1 amide bonds. The molecule has 1 aliphatic rings. The smallest absolute Gasteiger partial charge is 0.242 e. The molecular formula is C22H26ClN3O3S. The molecule has 0 aromatic heterocycles. The third-order valence-electron chi connectivity index (χ3n) is 5.08. The Morgan fingerprint density at radius 3 is 2.53 bits per heavy atom. The molecule has 0 fully saturated rings. The molecule has 1 aliphatic heterocycles. The van der Waals surface area contributed by atoms with Gasteiger partial charge in [0.1, 0.15) is 0 Å². The van der Waals surface area contributed by atoms with E-state index in [1.165, 1.54) is 43.4 Å². The van der Waals surface area contributed by atoms with E-state index in [0.717, 1.165) is 23.8 Å². The number of nitrogens with one attached hydrogen (secondary N) is 1. The molecule has 2 aromatic rings. The molecule has 0 saturated heterocycles. The van der Waals surface area contributed by atoms with Crippen molar-refractivity contribution in [3.63, 3.8) is 0 Å². The molecule has 160 valence electrons. The largest absolute Gasteiger partial charge is 0.325 e. The molecule has 0 radical (unpaired) electrons. The lowest BCUT2D eigenvalue weighted by molar-refractivity contribution is -0.116. The molecule has 0 spiro atoms. The lowest BCUT2D eigenvalue weighted by atomic mass is 9.99. The lowest BCUT2D eigenvalue weighted by Crippen LogP contribution is -2.31. The van der Waals surface area contributed by atoms with Gasteiger partial charge in [0.25, 0.3) is 0 Å². The van der Waals surface area contributed by atoms with Crippen LogP contribution in [0.1, 0.15) is 18.4 Å². The fourth-order valence-corrected chi connectivity index (χ4v) is 4.37. The Bertz CT molecular complexity index is 1040. The van der Waals surface area contributed by atoms with E-state index in [-0.39, 0.29) is 10.8 Å². The summed E-state index contributed by atoms with van der Waals surface area (Å²) in [7, 11) is -0.687. The van der Waals surface area contributed by atoms with E-state index >= 15 is 0 Å². The summed E-state index contributed by atoms with van der Waals surface area (Å²) in [6, 6.07) is 14.6. The van der Waals surface area contributed by atoms with Crippen molar-refractivity contribution in [2.75, 3.05) is 39.0 Å². The number of anilines is 1. The van der Waals surface area contributed by atoms with Crippen molar-refractivity contribution in [1.82, 2.24) is 9.21 Å². The summed E-state index contributed by atoms with van der Waals surface area (Å²) >= 11 is 6.15. The number of amides is 1. The second kappa shape index (κ2) is 9.75. The van der Waals surface area contributed by atoms with Crippen LogP contribution in [0.25, 0.3) is 5.57 Å². The summed E-state index contributed by atoms with van der Waals surface area (Å²) in [4.78, 5) is 14.7. The van der Waals surface area contributed by atoms with Crippen molar-refractivity contribution in [3.8, 4) is 0 Å². The van der Waals surface area contributed by atoms with Gasteiger partial charge in [0.15, 0.2) is 0 Å². The monoisotopic (exact) mass is 447 g/mol. The summed E-state index contributed by atoms with van der Waals surface area (Å²) in [6.07, 6.45) is 3.46. The summed E-state index contributed by atoms with van der Waals surface area (Å²) in [5.41, 5.74) is 2.88. The Kier molecular flexibility index (Phi) is 7.31. The first-order valence-electron chi connectivity index (χ1n) is 9.76. The highest BCUT2D eigenvalue weighted by Gasteiger charge is 2.19. The summed E-state index contributed by atoms with van der Waals surface area (Å²) < 4.78 is 25.7. The van der Waals surface area contributed by atoms with Crippen LogP contribution >= 0.6 is 11.6 Å². The van der Waals surface area contributed by atoms with Crippen LogP contribution in [0.4, 0.5) is 5.69 Å². The van der Waals surface area contributed by atoms with Crippen molar-refractivity contribution in [3.05, 3.63) is 65.2 Å². The normalized spacial score (nSPS) is 15.1. The Hall–Kier alpha value is -2.19. The molecular weight excluding hydrogens is 422 g/mol. The van der Waals surface area contributed by atoms with Gasteiger partial charge in [-0.15, -0.1) is 0 Å². The molecule has 1 N–H and O–H groups in total. The predicted molar refractivity (Wildman–Crippen MR) is 121 cm³/mol. The molecule has 3 rings (SSSR count). The molecule has 1 heterocycles. The number of sulfonamides is 1. The van der Waals surface area contributed by atoms with E-state index < -0.39 is 10.0 Å². The zero-order valence-corrected chi connectivity index (χ0v) is 18.7. The number of carbonyl (C=O) groups is 1. The van der Waals surface area contributed by atoms with Crippen molar-refractivity contribution >= 4 is 38.8 Å². The van der Waals surface area contributed by atoms with Crippen LogP contribution in [0.5, 0.6) is 0 Å². The van der Waals surface area contributed by atoms with Gasteiger partial charge in [0.05, 0.1) is 15.6 Å². The molecule has 0 aliphatic carbocycles.